The van der Waals surface area contributed by atoms with Crippen LogP contribution in [-0.2, 0) is 11.2 Å². The topological polar surface area (TPSA) is 64.4 Å². The number of hydrogen-bond donors (Lipinski definition) is 1. The van der Waals surface area contributed by atoms with Crippen LogP contribution in [0.25, 0.3) is 11.1 Å². The average Bonchev–Trinajstić information content (AvgIpc) is 2.96. The number of carbonyl (C=O) groups is 1. The highest BCUT2D eigenvalue weighted by Crippen LogP contribution is 2.25. The Balaban J connectivity index is 1.71. The maximum absolute atomic E-state index is 12.3. The lowest BCUT2D eigenvalue weighted by atomic mass is 10.1. The summed E-state index contributed by atoms with van der Waals surface area (Å²) in [5.74, 6) is 0.560. The van der Waals surface area contributed by atoms with E-state index in [0.29, 0.717) is 17.0 Å². The Hall–Kier alpha value is -2.82. The summed E-state index contributed by atoms with van der Waals surface area (Å²) in [5.41, 5.74) is 3.00. The third-order valence-corrected chi connectivity index (χ3v) is 3.28. The van der Waals surface area contributed by atoms with Crippen LogP contribution in [0, 0.1) is 0 Å². The van der Waals surface area contributed by atoms with Crippen LogP contribution in [-0.4, -0.2) is 17.0 Å². The maximum Gasteiger partial charge on any atom is 0.228 e. The molecule has 0 aliphatic rings. The number of anilines is 1. The van der Waals surface area contributed by atoms with Crippen molar-refractivity contribution >= 4 is 22.7 Å². The summed E-state index contributed by atoms with van der Waals surface area (Å²) in [6, 6.07) is 13.0. The Morgan fingerprint density at radius 1 is 1.26 bits per heavy atom. The van der Waals surface area contributed by atoms with Gasteiger partial charge in [0.2, 0.25) is 5.91 Å². The summed E-state index contributed by atoms with van der Waals surface area (Å²) in [4.78, 5) is 16.3. The lowest BCUT2D eigenvalue weighted by Crippen LogP contribution is -2.16. The van der Waals surface area contributed by atoms with Crippen LogP contribution in [0.5, 0.6) is 5.75 Å². The normalized spacial score (nSPS) is 10.9. The van der Waals surface area contributed by atoms with Crippen molar-refractivity contribution in [3.8, 4) is 5.75 Å². The third kappa shape index (κ3) is 3.69. The van der Waals surface area contributed by atoms with Crippen LogP contribution in [0.15, 0.2) is 53.3 Å². The zero-order valence-electron chi connectivity index (χ0n) is 13.1. The van der Waals surface area contributed by atoms with Crippen LogP contribution in [0.3, 0.4) is 0 Å². The number of aromatic nitrogens is 1. The van der Waals surface area contributed by atoms with E-state index in [9.17, 15) is 4.79 Å². The zero-order valence-corrected chi connectivity index (χ0v) is 13.1. The van der Waals surface area contributed by atoms with Gasteiger partial charge in [-0.05, 0) is 43.7 Å². The van der Waals surface area contributed by atoms with E-state index in [1.807, 2.05) is 56.3 Å². The molecule has 0 radical (unpaired) electrons. The Bertz CT molecular complexity index is 824. The number of oxazole rings is 1. The Morgan fingerprint density at radius 2 is 2.09 bits per heavy atom. The van der Waals surface area contributed by atoms with Crippen molar-refractivity contribution in [3.63, 3.8) is 0 Å². The Kier molecular flexibility index (Phi) is 4.28. The molecule has 0 atom stereocenters. The van der Waals surface area contributed by atoms with Crippen LogP contribution >= 0.6 is 0 Å². The fraction of sp³-hybridized carbons (Fsp3) is 0.222. The molecule has 0 spiro atoms. The lowest BCUT2D eigenvalue weighted by Gasteiger charge is -2.14. The standard InChI is InChI=1S/C18H18N2O3/c1-12(2)23-16-6-4-3-5-15(16)20-18(21)10-13-7-8-14-17(9-13)22-11-19-14/h3-9,11-12H,10H2,1-2H3,(H,20,21). The predicted octanol–water partition coefficient (Wildman–Crippen LogP) is 3.80. The highest BCUT2D eigenvalue weighted by molar-refractivity contribution is 5.94. The van der Waals surface area contributed by atoms with E-state index in [1.165, 1.54) is 6.39 Å². The molecule has 1 N–H and O–H groups in total. The first-order valence-corrected chi connectivity index (χ1v) is 7.49. The lowest BCUT2D eigenvalue weighted by molar-refractivity contribution is -0.115. The fourth-order valence-electron chi connectivity index (χ4n) is 2.32. The second kappa shape index (κ2) is 6.52. The van der Waals surface area contributed by atoms with Crippen molar-refractivity contribution in [2.24, 2.45) is 0 Å². The summed E-state index contributed by atoms with van der Waals surface area (Å²) in [7, 11) is 0. The molecule has 0 bridgehead atoms. The first-order valence-electron chi connectivity index (χ1n) is 7.49. The van der Waals surface area contributed by atoms with Gasteiger partial charge in [-0.2, -0.15) is 0 Å². The SMILES string of the molecule is CC(C)Oc1ccccc1NC(=O)Cc1ccc2ncoc2c1. The van der Waals surface area contributed by atoms with E-state index in [2.05, 4.69) is 10.3 Å². The molecule has 0 saturated heterocycles. The van der Waals surface area contributed by atoms with Gasteiger partial charge in [-0.15, -0.1) is 0 Å². The van der Waals surface area contributed by atoms with Gasteiger partial charge in [-0.3, -0.25) is 4.79 Å². The van der Waals surface area contributed by atoms with E-state index >= 15 is 0 Å². The zero-order chi connectivity index (χ0) is 16.2. The first kappa shape index (κ1) is 15.1. The fourth-order valence-corrected chi connectivity index (χ4v) is 2.32. The van der Waals surface area contributed by atoms with Gasteiger partial charge < -0.3 is 14.5 Å². The van der Waals surface area contributed by atoms with Gasteiger partial charge >= 0.3 is 0 Å². The molecule has 0 fully saturated rings. The van der Waals surface area contributed by atoms with Gasteiger partial charge in [-0.25, -0.2) is 4.98 Å². The molecule has 118 valence electrons. The van der Waals surface area contributed by atoms with E-state index in [0.717, 1.165) is 11.1 Å². The van der Waals surface area contributed by atoms with Crippen molar-refractivity contribution in [1.29, 1.82) is 0 Å². The monoisotopic (exact) mass is 310 g/mol. The number of rotatable bonds is 5. The summed E-state index contributed by atoms with van der Waals surface area (Å²) in [6.45, 7) is 3.90. The van der Waals surface area contributed by atoms with Gasteiger partial charge in [0.05, 0.1) is 18.2 Å². The first-order chi connectivity index (χ1) is 11.1. The molecule has 23 heavy (non-hydrogen) atoms. The summed E-state index contributed by atoms with van der Waals surface area (Å²) in [5, 5.41) is 2.90. The molecule has 1 aromatic heterocycles. The van der Waals surface area contributed by atoms with Gasteiger partial charge in [0.25, 0.3) is 0 Å². The van der Waals surface area contributed by atoms with Crippen molar-refractivity contribution < 1.29 is 13.9 Å². The molecule has 2 aromatic carbocycles. The van der Waals surface area contributed by atoms with Gasteiger partial charge in [-0.1, -0.05) is 18.2 Å². The molecule has 3 rings (SSSR count). The quantitative estimate of drug-likeness (QED) is 0.778. The summed E-state index contributed by atoms with van der Waals surface area (Å²) < 4.78 is 11.0. The smallest absolute Gasteiger partial charge is 0.228 e. The average molecular weight is 310 g/mol. The number of hydrogen-bond acceptors (Lipinski definition) is 4. The summed E-state index contributed by atoms with van der Waals surface area (Å²) in [6.07, 6.45) is 1.70. The molecule has 1 amide bonds. The number of fused-ring (bicyclic) bond motifs is 1. The third-order valence-electron chi connectivity index (χ3n) is 3.28. The molecule has 5 heteroatoms. The second-order valence-corrected chi connectivity index (χ2v) is 5.54. The largest absolute Gasteiger partial charge is 0.489 e. The van der Waals surface area contributed by atoms with Crippen LogP contribution in [0.4, 0.5) is 5.69 Å². The Morgan fingerprint density at radius 3 is 2.91 bits per heavy atom. The highest BCUT2D eigenvalue weighted by Gasteiger charge is 2.10. The predicted molar refractivity (Wildman–Crippen MR) is 88.5 cm³/mol. The molecule has 0 aliphatic heterocycles. The number of nitrogens with zero attached hydrogens (tertiary/aromatic N) is 1. The van der Waals surface area contributed by atoms with E-state index in [4.69, 9.17) is 9.15 Å². The second-order valence-electron chi connectivity index (χ2n) is 5.54. The molecule has 3 aromatic rings. The van der Waals surface area contributed by atoms with Gasteiger partial charge in [0, 0.05) is 0 Å². The van der Waals surface area contributed by atoms with E-state index in [-0.39, 0.29) is 18.4 Å². The maximum atomic E-state index is 12.3. The minimum Gasteiger partial charge on any atom is -0.489 e. The Labute approximate surface area is 134 Å². The minimum atomic E-state index is -0.108. The number of carbonyl (C=O) groups excluding carboxylic acids is 1. The van der Waals surface area contributed by atoms with Crippen molar-refractivity contribution in [3.05, 3.63) is 54.4 Å². The number of benzene rings is 2. The molecule has 0 aliphatic carbocycles. The van der Waals surface area contributed by atoms with Crippen molar-refractivity contribution in [2.45, 2.75) is 26.4 Å². The van der Waals surface area contributed by atoms with E-state index in [1.54, 1.807) is 0 Å². The van der Waals surface area contributed by atoms with Gasteiger partial charge in [0.1, 0.15) is 11.3 Å². The molecule has 0 saturated carbocycles. The van der Waals surface area contributed by atoms with Crippen LogP contribution in [0.2, 0.25) is 0 Å². The molecule has 0 unspecified atom stereocenters. The van der Waals surface area contributed by atoms with Crippen LogP contribution < -0.4 is 10.1 Å². The number of para-hydroxylation sites is 2. The van der Waals surface area contributed by atoms with Gasteiger partial charge in [0.15, 0.2) is 12.0 Å². The molecular weight excluding hydrogens is 292 g/mol. The van der Waals surface area contributed by atoms with E-state index < -0.39 is 0 Å². The highest BCUT2D eigenvalue weighted by atomic mass is 16.5. The molecule has 1 heterocycles. The number of ether oxygens (including phenoxy) is 1. The van der Waals surface area contributed by atoms with Crippen molar-refractivity contribution in [1.82, 2.24) is 4.98 Å². The van der Waals surface area contributed by atoms with Crippen molar-refractivity contribution in [2.75, 3.05) is 5.32 Å². The molecular formula is C18H18N2O3. The minimum absolute atomic E-state index is 0.0434. The number of amides is 1. The number of nitrogens with one attached hydrogen (secondary N) is 1. The summed E-state index contributed by atoms with van der Waals surface area (Å²) >= 11 is 0. The van der Waals surface area contributed by atoms with Crippen LogP contribution in [0.1, 0.15) is 19.4 Å². The molecule has 5 nitrogen and oxygen atoms in total.